The first-order valence-electron chi connectivity index (χ1n) is 11.0. The highest BCUT2D eigenvalue weighted by atomic mass is 35.5. The molecule has 178 valence electrons. The fourth-order valence-corrected chi connectivity index (χ4v) is 4.22. The van der Waals surface area contributed by atoms with E-state index in [1.54, 1.807) is 17.0 Å². The lowest BCUT2D eigenvalue weighted by Gasteiger charge is -2.44. The Morgan fingerprint density at radius 3 is 2.15 bits per heavy atom. The van der Waals surface area contributed by atoms with Crippen LogP contribution in [0.1, 0.15) is 51.1 Å². The van der Waals surface area contributed by atoms with Gasteiger partial charge < -0.3 is 15.3 Å². The first kappa shape index (κ1) is 26.7. The van der Waals surface area contributed by atoms with Gasteiger partial charge in [0.1, 0.15) is 0 Å². The molecule has 1 saturated heterocycles. The standard InChI is InChI=1S/C19H25ClN2O4.C6H5Cl/c1-3-16(11-21-12(2)23)22-17(13-4-7-15(20)8-5-13)9-6-14(19(22)26)10-18(24)25;7-6-4-2-1-3-5-6/h4-5,7-8,14,16-17H,3,6,9-11H2,1-2H3,(H,21,23)(H,24,25);1-5H/t14-,16+,17+;/m1./s1. The lowest BCUT2D eigenvalue weighted by atomic mass is 9.85. The van der Waals surface area contributed by atoms with Gasteiger partial charge in [0, 0.05) is 35.5 Å². The van der Waals surface area contributed by atoms with Crippen molar-refractivity contribution in [2.24, 2.45) is 5.92 Å². The smallest absolute Gasteiger partial charge is 0.304 e. The number of likely N-dealkylation sites (tertiary alicyclic amines) is 1. The lowest BCUT2D eigenvalue weighted by Crippen LogP contribution is -2.52. The normalized spacial score (nSPS) is 18.7. The fourth-order valence-electron chi connectivity index (χ4n) is 3.95. The van der Waals surface area contributed by atoms with Crippen molar-refractivity contribution in [2.75, 3.05) is 6.54 Å². The molecule has 0 radical (unpaired) electrons. The third kappa shape index (κ3) is 8.37. The van der Waals surface area contributed by atoms with E-state index in [2.05, 4.69) is 5.32 Å². The number of carbonyl (C=O) groups excluding carboxylic acids is 2. The summed E-state index contributed by atoms with van der Waals surface area (Å²) in [6.07, 6.45) is 1.71. The lowest BCUT2D eigenvalue weighted by molar-refractivity contribution is -0.151. The SMILES string of the molecule is CC[C@@H](CNC(C)=O)N1C(=O)[C@@H](CC(=O)O)CC[C@H]1c1ccc(Cl)cc1.Clc1ccccc1. The zero-order chi connectivity index (χ0) is 24.4. The van der Waals surface area contributed by atoms with Crippen LogP contribution in [0.2, 0.25) is 10.0 Å². The van der Waals surface area contributed by atoms with Gasteiger partial charge in [-0.15, -0.1) is 0 Å². The van der Waals surface area contributed by atoms with Gasteiger partial charge in [-0.25, -0.2) is 0 Å². The predicted molar refractivity (Wildman–Crippen MR) is 130 cm³/mol. The maximum Gasteiger partial charge on any atom is 0.304 e. The first-order valence-corrected chi connectivity index (χ1v) is 11.7. The molecule has 1 aliphatic rings. The second kappa shape index (κ2) is 13.2. The van der Waals surface area contributed by atoms with Crippen molar-refractivity contribution < 1.29 is 19.5 Å². The number of rotatable bonds is 7. The average molecular weight is 493 g/mol. The van der Waals surface area contributed by atoms with Crippen LogP contribution in [0, 0.1) is 5.92 Å². The number of hydrogen-bond acceptors (Lipinski definition) is 3. The number of carboxylic acids is 1. The second-order valence-electron chi connectivity index (χ2n) is 7.98. The van der Waals surface area contributed by atoms with Crippen LogP contribution in [0.5, 0.6) is 0 Å². The van der Waals surface area contributed by atoms with Crippen molar-refractivity contribution in [1.29, 1.82) is 0 Å². The van der Waals surface area contributed by atoms with Gasteiger partial charge in [0.2, 0.25) is 11.8 Å². The molecule has 0 bridgehead atoms. The topological polar surface area (TPSA) is 86.7 Å². The Labute approximate surface area is 204 Å². The highest BCUT2D eigenvalue weighted by molar-refractivity contribution is 6.30. The van der Waals surface area contributed by atoms with Crippen molar-refractivity contribution in [3.63, 3.8) is 0 Å². The molecule has 2 aromatic rings. The van der Waals surface area contributed by atoms with Crippen LogP contribution in [0.15, 0.2) is 54.6 Å². The fraction of sp³-hybridized carbons (Fsp3) is 0.400. The molecule has 0 saturated carbocycles. The van der Waals surface area contributed by atoms with Crippen molar-refractivity contribution >= 4 is 41.0 Å². The van der Waals surface area contributed by atoms with Gasteiger partial charge in [-0.1, -0.05) is 60.5 Å². The maximum absolute atomic E-state index is 13.1. The number of aliphatic carboxylic acids is 1. The highest BCUT2D eigenvalue weighted by Crippen LogP contribution is 2.37. The molecule has 1 heterocycles. The molecule has 0 aliphatic carbocycles. The minimum absolute atomic E-state index is 0.150. The molecule has 0 aromatic heterocycles. The molecule has 1 fully saturated rings. The summed E-state index contributed by atoms with van der Waals surface area (Å²) >= 11 is 11.5. The molecule has 2 amide bonds. The summed E-state index contributed by atoms with van der Waals surface area (Å²) in [6.45, 7) is 3.75. The van der Waals surface area contributed by atoms with Gasteiger partial charge >= 0.3 is 5.97 Å². The van der Waals surface area contributed by atoms with Gasteiger partial charge in [-0.2, -0.15) is 0 Å². The number of piperidine rings is 1. The molecule has 0 spiro atoms. The van der Waals surface area contributed by atoms with E-state index in [9.17, 15) is 14.4 Å². The van der Waals surface area contributed by atoms with Gasteiger partial charge in [-0.05, 0) is 49.1 Å². The molecule has 3 atom stereocenters. The van der Waals surface area contributed by atoms with Gasteiger partial charge in [0.15, 0.2) is 0 Å². The summed E-state index contributed by atoms with van der Waals surface area (Å²) in [4.78, 5) is 37.3. The van der Waals surface area contributed by atoms with Crippen LogP contribution in [0.4, 0.5) is 0 Å². The summed E-state index contributed by atoms with van der Waals surface area (Å²) in [6, 6.07) is 16.5. The van der Waals surface area contributed by atoms with Gasteiger partial charge in [0.05, 0.1) is 12.5 Å². The van der Waals surface area contributed by atoms with E-state index in [0.717, 1.165) is 10.6 Å². The Morgan fingerprint density at radius 2 is 1.67 bits per heavy atom. The highest BCUT2D eigenvalue weighted by Gasteiger charge is 2.40. The van der Waals surface area contributed by atoms with Crippen molar-refractivity contribution in [2.45, 2.75) is 51.6 Å². The number of benzene rings is 2. The monoisotopic (exact) mass is 492 g/mol. The number of nitrogens with one attached hydrogen (secondary N) is 1. The van der Waals surface area contributed by atoms with Crippen molar-refractivity contribution in [3.05, 3.63) is 70.2 Å². The van der Waals surface area contributed by atoms with E-state index in [-0.39, 0.29) is 30.3 Å². The summed E-state index contributed by atoms with van der Waals surface area (Å²) in [5, 5.41) is 13.3. The van der Waals surface area contributed by atoms with Crippen LogP contribution in [-0.4, -0.2) is 40.4 Å². The van der Waals surface area contributed by atoms with Crippen molar-refractivity contribution in [1.82, 2.24) is 10.2 Å². The first-order chi connectivity index (χ1) is 15.7. The van der Waals surface area contributed by atoms with E-state index in [0.29, 0.717) is 30.8 Å². The molecule has 3 rings (SSSR count). The number of amides is 2. The number of nitrogens with zero attached hydrogens (tertiary/aromatic N) is 1. The van der Waals surface area contributed by atoms with Crippen LogP contribution in [-0.2, 0) is 14.4 Å². The molecular formula is C25H30Cl2N2O4. The third-order valence-electron chi connectivity index (χ3n) is 5.59. The van der Waals surface area contributed by atoms with Crippen LogP contribution in [0.25, 0.3) is 0 Å². The number of hydrogen-bond donors (Lipinski definition) is 2. The minimum atomic E-state index is -0.969. The Kier molecular flexibility index (Phi) is 10.7. The largest absolute Gasteiger partial charge is 0.481 e. The zero-order valence-corrected chi connectivity index (χ0v) is 20.4. The van der Waals surface area contributed by atoms with E-state index in [4.69, 9.17) is 28.3 Å². The predicted octanol–water partition coefficient (Wildman–Crippen LogP) is 5.35. The molecule has 2 aromatic carbocycles. The van der Waals surface area contributed by atoms with E-state index < -0.39 is 11.9 Å². The molecule has 33 heavy (non-hydrogen) atoms. The molecule has 8 heteroatoms. The average Bonchev–Trinajstić information content (AvgIpc) is 2.77. The Balaban J connectivity index is 0.000000468. The Bertz CT molecular complexity index is 922. The number of carbonyl (C=O) groups is 3. The second-order valence-corrected chi connectivity index (χ2v) is 8.85. The summed E-state index contributed by atoms with van der Waals surface area (Å²) in [5.41, 5.74) is 0.970. The zero-order valence-electron chi connectivity index (χ0n) is 18.8. The Morgan fingerprint density at radius 1 is 1.06 bits per heavy atom. The minimum Gasteiger partial charge on any atom is -0.481 e. The van der Waals surface area contributed by atoms with E-state index >= 15 is 0 Å². The van der Waals surface area contributed by atoms with E-state index in [1.165, 1.54) is 6.92 Å². The molecule has 1 aliphatic heterocycles. The summed E-state index contributed by atoms with van der Waals surface area (Å²) in [7, 11) is 0. The maximum atomic E-state index is 13.1. The molecular weight excluding hydrogens is 463 g/mol. The van der Waals surface area contributed by atoms with Crippen LogP contribution >= 0.6 is 23.2 Å². The van der Waals surface area contributed by atoms with Crippen LogP contribution in [0.3, 0.4) is 0 Å². The van der Waals surface area contributed by atoms with E-state index in [1.807, 2.05) is 49.4 Å². The van der Waals surface area contributed by atoms with Crippen molar-refractivity contribution in [3.8, 4) is 0 Å². The Hall–Kier alpha value is -2.57. The quantitative estimate of drug-likeness (QED) is 0.545. The number of halogens is 2. The van der Waals surface area contributed by atoms with Gasteiger partial charge in [0.25, 0.3) is 0 Å². The molecule has 2 N–H and O–H groups in total. The number of carboxylic acid groups (broad SMARTS) is 1. The van der Waals surface area contributed by atoms with Gasteiger partial charge in [-0.3, -0.25) is 14.4 Å². The molecule has 6 nitrogen and oxygen atoms in total. The summed E-state index contributed by atoms with van der Waals surface area (Å²) in [5.74, 6) is -1.81. The summed E-state index contributed by atoms with van der Waals surface area (Å²) < 4.78 is 0. The third-order valence-corrected chi connectivity index (χ3v) is 6.09. The van der Waals surface area contributed by atoms with Crippen LogP contribution < -0.4 is 5.32 Å². The molecule has 0 unspecified atom stereocenters.